The number of rotatable bonds is 8. The van der Waals surface area contributed by atoms with E-state index >= 15 is 0 Å². The van der Waals surface area contributed by atoms with E-state index in [9.17, 15) is 0 Å². The van der Waals surface area contributed by atoms with Crippen LogP contribution >= 0.6 is 11.3 Å². The third-order valence-electron chi connectivity index (χ3n) is 5.36. The van der Waals surface area contributed by atoms with Crippen molar-refractivity contribution in [1.29, 1.82) is 0 Å². The smallest absolute Gasteiger partial charge is 0.191 e. The van der Waals surface area contributed by atoms with E-state index in [-0.39, 0.29) is 0 Å². The average Bonchev–Trinajstić information content (AvgIpc) is 3.35. The fourth-order valence-electron chi connectivity index (χ4n) is 3.76. The Morgan fingerprint density at radius 1 is 1.33 bits per heavy atom. The van der Waals surface area contributed by atoms with Crippen molar-refractivity contribution in [1.82, 2.24) is 20.5 Å². The van der Waals surface area contributed by atoms with Crippen molar-refractivity contribution in [2.45, 2.75) is 52.0 Å². The molecule has 0 amide bonds. The highest BCUT2D eigenvalue weighted by molar-refractivity contribution is 7.11. The van der Waals surface area contributed by atoms with Crippen molar-refractivity contribution in [3.05, 3.63) is 16.1 Å². The maximum absolute atomic E-state index is 5.51. The molecule has 2 fully saturated rings. The molecule has 2 N–H and O–H groups in total. The zero-order valence-corrected chi connectivity index (χ0v) is 17.7. The zero-order valence-electron chi connectivity index (χ0n) is 16.9. The lowest BCUT2D eigenvalue weighted by molar-refractivity contribution is 0.150. The number of ether oxygens (including phenoxy) is 1. The molecule has 6 nitrogen and oxygen atoms in total. The van der Waals surface area contributed by atoms with Crippen molar-refractivity contribution in [3.63, 3.8) is 0 Å². The number of piperidine rings is 1. The summed E-state index contributed by atoms with van der Waals surface area (Å²) >= 11 is 1.81. The number of aromatic nitrogens is 1. The average molecular weight is 394 g/mol. The van der Waals surface area contributed by atoms with Crippen molar-refractivity contribution < 1.29 is 4.74 Å². The zero-order chi connectivity index (χ0) is 18.9. The van der Waals surface area contributed by atoms with Crippen LogP contribution in [0.1, 0.15) is 43.0 Å². The minimum Gasteiger partial charge on any atom is -0.381 e. The first kappa shape index (κ1) is 20.6. The summed E-state index contributed by atoms with van der Waals surface area (Å²) in [5.74, 6) is 1.69. The van der Waals surface area contributed by atoms with Crippen molar-refractivity contribution in [2.24, 2.45) is 10.9 Å². The van der Waals surface area contributed by atoms with E-state index in [1.807, 2.05) is 17.5 Å². The van der Waals surface area contributed by atoms with E-state index in [4.69, 9.17) is 9.73 Å². The minimum atomic E-state index is 0.519. The van der Waals surface area contributed by atoms with Gasteiger partial charge in [0.1, 0.15) is 0 Å². The molecule has 0 aromatic carbocycles. The second-order valence-electron chi connectivity index (χ2n) is 7.53. The van der Waals surface area contributed by atoms with E-state index in [1.54, 1.807) is 0 Å². The van der Waals surface area contributed by atoms with Crippen LogP contribution in [0.2, 0.25) is 0 Å². The van der Waals surface area contributed by atoms with Gasteiger partial charge in [0.05, 0.1) is 11.6 Å². The Morgan fingerprint density at radius 3 is 2.85 bits per heavy atom. The second-order valence-corrected chi connectivity index (χ2v) is 8.73. The Balaban J connectivity index is 1.40. The SMILES string of the molecule is CCNC(=NCCc1ncc(CC)s1)NC1CCN(CC2CCOC2)CC1. The van der Waals surface area contributed by atoms with Gasteiger partial charge in [0, 0.05) is 62.9 Å². The van der Waals surface area contributed by atoms with Crippen LogP contribution in [-0.2, 0) is 17.6 Å². The van der Waals surface area contributed by atoms with Crippen LogP contribution in [0.3, 0.4) is 0 Å². The molecular weight excluding hydrogens is 358 g/mol. The molecule has 0 saturated carbocycles. The summed E-state index contributed by atoms with van der Waals surface area (Å²) in [6, 6.07) is 0.519. The largest absolute Gasteiger partial charge is 0.381 e. The van der Waals surface area contributed by atoms with Crippen LogP contribution in [0.25, 0.3) is 0 Å². The number of hydrogen-bond donors (Lipinski definition) is 2. The molecule has 3 rings (SSSR count). The highest BCUT2D eigenvalue weighted by Gasteiger charge is 2.24. The van der Waals surface area contributed by atoms with Gasteiger partial charge in [0.2, 0.25) is 0 Å². The van der Waals surface area contributed by atoms with Gasteiger partial charge in [-0.2, -0.15) is 0 Å². The molecule has 152 valence electrons. The maximum Gasteiger partial charge on any atom is 0.191 e. The summed E-state index contributed by atoms with van der Waals surface area (Å²) in [5.41, 5.74) is 0. The first-order chi connectivity index (χ1) is 13.3. The highest BCUT2D eigenvalue weighted by atomic mass is 32.1. The third-order valence-corrected chi connectivity index (χ3v) is 6.56. The topological polar surface area (TPSA) is 61.8 Å². The van der Waals surface area contributed by atoms with Gasteiger partial charge in [-0.25, -0.2) is 4.98 Å². The molecule has 2 aliphatic rings. The van der Waals surface area contributed by atoms with Crippen molar-refractivity contribution in [3.8, 4) is 0 Å². The van der Waals surface area contributed by atoms with Gasteiger partial charge < -0.3 is 20.3 Å². The maximum atomic E-state index is 5.51. The molecule has 1 atom stereocenters. The Morgan fingerprint density at radius 2 is 2.19 bits per heavy atom. The van der Waals surface area contributed by atoms with Crippen molar-refractivity contribution >= 4 is 17.3 Å². The molecular formula is C20H35N5OS. The van der Waals surface area contributed by atoms with Gasteiger partial charge in [-0.1, -0.05) is 6.92 Å². The Labute approximate surface area is 167 Å². The van der Waals surface area contributed by atoms with E-state index in [1.165, 1.54) is 48.8 Å². The number of likely N-dealkylation sites (tertiary alicyclic amines) is 1. The monoisotopic (exact) mass is 393 g/mol. The number of guanidine groups is 1. The van der Waals surface area contributed by atoms with E-state index < -0.39 is 0 Å². The third kappa shape index (κ3) is 6.73. The lowest BCUT2D eigenvalue weighted by atomic mass is 10.0. The number of nitrogens with zero attached hydrogens (tertiary/aromatic N) is 3. The first-order valence-corrected chi connectivity index (χ1v) is 11.4. The number of aliphatic imine (C=N–C) groups is 1. The molecule has 1 aromatic heterocycles. The Hall–Kier alpha value is -1.18. The van der Waals surface area contributed by atoms with E-state index in [0.717, 1.165) is 51.0 Å². The summed E-state index contributed by atoms with van der Waals surface area (Å²) < 4.78 is 5.51. The summed E-state index contributed by atoms with van der Waals surface area (Å²) in [6.07, 6.45) is 7.59. The van der Waals surface area contributed by atoms with Crippen LogP contribution in [0.15, 0.2) is 11.2 Å². The lowest BCUT2D eigenvalue weighted by Crippen LogP contribution is -2.49. The van der Waals surface area contributed by atoms with Gasteiger partial charge >= 0.3 is 0 Å². The quantitative estimate of drug-likeness (QED) is 0.524. The van der Waals surface area contributed by atoms with Gasteiger partial charge in [0.25, 0.3) is 0 Å². The number of nitrogens with one attached hydrogen (secondary N) is 2. The van der Waals surface area contributed by atoms with Gasteiger partial charge in [-0.3, -0.25) is 4.99 Å². The normalized spacial score (nSPS) is 22.3. The molecule has 0 bridgehead atoms. The number of thiazole rings is 1. The molecule has 3 heterocycles. The van der Waals surface area contributed by atoms with Crippen molar-refractivity contribution in [2.75, 3.05) is 45.9 Å². The van der Waals surface area contributed by atoms with Crippen LogP contribution < -0.4 is 10.6 Å². The summed E-state index contributed by atoms with van der Waals surface area (Å²) in [6.45, 7) is 11.4. The van der Waals surface area contributed by atoms with Gasteiger partial charge in [0.15, 0.2) is 5.96 Å². The van der Waals surface area contributed by atoms with Crippen LogP contribution in [0.4, 0.5) is 0 Å². The Kier molecular flexibility index (Phi) is 8.35. The molecule has 1 unspecified atom stereocenters. The van der Waals surface area contributed by atoms with Gasteiger partial charge in [-0.15, -0.1) is 11.3 Å². The van der Waals surface area contributed by atoms with Crippen LogP contribution in [-0.4, -0.2) is 67.8 Å². The van der Waals surface area contributed by atoms with Gasteiger partial charge in [-0.05, 0) is 38.5 Å². The predicted molar refractivity (Wildman–Crippen MR) is 113 cm³/mol. The predicted octanol–water partition coefficient (Wildman–Crippen LogP) is 2.30. The summed E-state index contributed by atoms with van der Waals surface area (Å²) in [4.78, 5) is 13.2. The van der Waals surface area contributed by atoms with E-state index in [2.05, 4.69) is 34.4 Å². The van der Waals surface area contributed by atoms with E-state index in [0.29, 0.717) is 6.04 Å². The molecule has 27 heavy (non-hydrogen) atoms. The molecule has 2 saturated heterocycles. The molecule has 0 radical (unpaired) electrons. The van der Waals surface area contributed by atoms with Crippen LogP contribution in [0, 0.1) is 5.92 Å². The molecule has 0 spiro atoms. The molecule has 1 aromatic rings. The summed E-state index contributed by atoms with van der Waals surface area (Å²) in [5, 5.41) is 8.23. The fraction of sp³-hybridized carbons (Fsp3) is 0.800. The fourth-order valence-corrected chi connectivity index (χ4v) is 4.61. The van der Waals surface area contributed by atoms with Crippen LogP contribution in [0.5, 0.6) is 0 Å². The first-order valence-electron chi connectivity index (χ1n) is 10.5. The summed E-state index contributed by atoms with van der Waals surface area (Å²) in [7, 11) is 0. The number of aryl methyl sites for hydroxylation is 1. The minimum absolute atomic E-state index is 0.519. The highest BCUT2D eigenvalue weighted by Crippen LogP contribution is 2.18. The second kappa shape index (κ2) is 11.0. The Bertz CT molecular complexity index is 577. The molecule has 0 aliphatic carbocycles. The molecule has 7 heteroatoms. The molecule has 2 aliphatic heterocycles. The lowest BCUT2D eigenvalue weighted by Gasteiger charge is -2.34. The standard InChI is InChI=1S/C20H35N5OS/c1-3-18-13-23-19(27-18)5-9-22-20(21-4-2)24-17-6-10-25(11-7-17)14-16-8-12-26-15-16/h13,16-17H,3-12,14-15H2,1-2H3,(H2,21,22,24). The number of hydrogen-bond acceptors (Lipinski definition) is 5.